The van der Waals surface area contributed by atoms with Crippen molar-refractivity contribution in [3.63, 3.8) is 0 Å². The summed E-state index contributed by atoms with van der Waals surface area (Å²) in [6.45, 7) is 5.59. The second-order valence-corrected chi connectivity index (χ2v) is 4.36. The SMILES string of the molecule is CC(C)(C)[C@H]1C[C@H]1C(F)(F)F. The van der Waals surface area contributed by atoms with Gasteiger partial charge in [-0.05, 0) is 17.8 Å². The van der Waals surface area contributed by atoms with Gasteiger partial charge in [0.15, 0.2) is 0 Å². The molecule has 2 atom stereocenters. The summed E-state index contributed by atoms with van der Waals surface area (Å²) < 4.78 is 36.1. The molecule has 0 nitrogen and oxygen atoms in total. The molecule has 0 amide bonds. The Balaban J connectivity index is 2.51. The van der Waals surface area contributed by atoms with Crippen LogP contribution in [0.1, 0.15) is 27.2 Å². The van der Waals surface area contributed by atoms with Crippen molar-refractivity contribution in [3.05, 3.63) is 0 Å². The highest BCUT2D eigenvalue weighted by Crippen LogP contribution is 2.57. The third-order valence-electron chi connectivity index (χ3n) is 2.32. The zero-order valence-electron chi connectivity index (χ0n) is 7.00. The number of halogens is 3. The highest BCUT2D eigenvalue weighted by Gasteiger charge is 2.59. The van der Waals surface area contributed by atoms with Gasteiger partial charge in [-0.3, -0.25) is 0 Å². The summed E-state index contributed by atoms with van der Waals surface area (Å²) >= 11 is 0. The van der Waals surface area contributed by atoms with Gasteiger partial charge >= 0.3 is 6.18 Å². The van der Waals surface area contributed by atoms with Crippen LogP contribution in [0.2, 0.25) is 0 Å². The van der Waals surface area contributed by atoms with E-state index in [1.54, 1.807) is 0 Å². The molecule has 11 heavy (non-hydrogen) atoms. The van der Waals surface area contributed by atoms with E-state index in [0.717, 1.165) is 0 Å². The van der Waals surface area contributed by atoms with E-state index in [-0.39, 0.29) is 11.3 Å². The molecule has 66 valence electrons. The lowest BCUT2D eigenvalue weighted by Gasteiger charge is -2.18. The first kappa shape index (κ1) is 8.88. The van der Waals surface area contributed by atoms with Crippen LogP contribution in [-0.4, -0.2) is 6.18 Å². The quantitative estimate of drug-likeness (QED) is 0.518. The summed E-state index contributed by atoms with van der Waals surface area (Å²) in [4.78, 5) is 0. The van der Waals surface area contributed by atoms with E-state index in [0.29, 0.717) is 6.42 Å². The van der Waals surface area contributed by atoms with Gasteiger partial charge in [-0.2, -0.15) is 13.2 Å². The van der Waals surface area contributed by atoms with Gasteiger partial charge in [0.25, 0.3) is 0 Å². The lowest BCUT2D eigenvalue weighted by atomic mass is 9.89. The Labute approximate surface area is 64.8 Å². The van der Waals surface area contributed by atoms with Gasteiger partial charge < -0.3 is 0 Å². The Morgan fingerprint density at radius 2 is 1.45 bits per heavy atom. The molecule has 1 rings (SSSR count). The van der Waals surface area contributed by atoms with E-state index in [1.807, 2.05) is 20.8 Å². The summed E-state index contributed by atoms with van der Waals surface area (Å²) in [6.07, 6.45) is -3.63. The van der Waals surface area contributed by atoms with Crippen LogP contribution >= 0.6 is 0 Å². The third kappa shape index (κ3) is 1.88. The van der Waals surface area contributed by atoms with Crippen LogP contribution in [0.5, 0.6) is 0 Å². The van der Waals surface area contributed by atoms with Crippen LogP contribution in [0, 0.1) is 17.3 Å². The van der Waals surface area contributed by atoms with E-state index in [2.05, 4.69) is 0 Å². The lowest BCUT2D eigenvalue weighted by Crippen LogP contribution is -2.18. The number of hydrogen-bond donors (Lipinski definition) is 0. The average molecular weight is 166 g/mol. The minimum Gasteiger partial charge on any atom is -0.171 e. The Bertz CT molecular complexity index is 134. The molecule has 0 radical (unpaired) electrons. The van der Waals surface area contributed by atoms with E-state index in [1.165, 1.54) is 0 Å². The normalized spacial score (nSPS) is 32.2. The molecule has 0 aromatic carbocycles. The summed E-state index contributed by atoms with van der Waals surface area (Å²) in [6, 6.07) is 0. The molecule has 1 saturated carbocycles. The summed E-state index contributed by atoms with van der Waals surface area (Å²) in [5.41, 5.74) is -0.180. The van der Waals surface area contributed by atoms with Gasteiger partial charge in [0.1, 0.15) is 0 Å². The van der Waals surface area contributed by atoms with Crippen molar-refractivity contribution in [1.82, 2.24) is 0 Å². The van der Waals surface area contributed by atoms with E-state index >= 15 is 0 Å². The Hall–Kier alpha value is -0.210. The van der Waals surface area contributed by atoms with Gasteiger partial charge in [0.05, 0.1) is 5.92 Å². The molecule has 0 N–H and O–H groups in total. The molecule has 1 aliphatic rings. The largest absolute Gasteiger partial charge is 0.392 e. The maximum absolute atomic E-state index is 12.0. The average Bonchev–Trinajstić information content (AvgIpc) is 2.30. The first-order valence-corrected chi connectivity index (χ1v) is 3.79. The molecule has 0 saturated heterocycles. The monoisotopic (exact) mass is 166 g/mol. The molecule has 0 bridgehead atoms. The first-order valence-electron chi connectivity index (χ1n) is 3.79. The van der Waals surface area contributed by atoms with Crippen LogP contribution in [0.4, 0.5) is 13.2 Å². The molecule has 1 aliphatic carbocycles. The second-order valence-electron chi connectivity index (χ2n) is 4.36. The minimum absolute atomic E-state index is 0.150. The second kappa shape index (κ2) is 2.14. The van der Waals surface area contributed by atoms with Crippen molar-refractivity contribution in [2.45, 2.75) is 33.4 Å². The van der Waals surface area contributed by atoms with Crippen LogP contribution in [0.15, 0.2) is 0 Å². The zero-order valence-corrected chi connectivity index (χ0v) is 7.00. The first-order chi connectivity index (χ1) is 4.73. The van der Waals surface area contributed by atoms with Crippen molar-refractivity contribution >= 4 is 0 Å². The summed E-state index contributed by atoms with van der Waals surface area (Å²) in [7, 11) is 0. The van der Waals surface area contributed by atoms with E-state index in [9.17, 15) is 13.2 Å². The van der Waals surface area contributed by atoms with Crippen LogP contribution in [0.3, 0.4) is 0 Å². The van der Waals surface area contributed by atoms with Crippen LogP contribution < -0.4 is 0 Å². The standard InChI is InChI=1S/C8H13F3/c1-7(2,3)5-4-6(5)8(9,10)11/h5-6H,4H2,1-3H3/t5-,6+/m0/s1. The molecule has 0 aliphatic heterocycles. The van der Waals surface area contributed by atoms with Crippen molar-refractivity contribution < 1.29 is 13.2 Å². The molecule has 1 fully saturated rings. The molecule has 0 heterocycles. The van der Waals surface area contributed by atoms with Gasteiger partial charge in [0, 0.05) is 0 Å². The van der Waals surface area contributed by atoms with Gasteiger partial charge in [0.2, 0.25) is 0 Å². The van der Waals surface area contributed by atoms with Crippen LogP contribution in [0.25, 0.3) is 0 Å². The molecule has 0 spiro atoms. The summed E-state index contributed by atoms with van der Waals surface area (Å²) in [5.74, 6) is -1.18. The number of alkyl halides is 3. The number of rotatable bonds is 0. The molecule has 0 aromatic heterocycles. The fraction of sp³-hybridized carbons (Fsp3) is 1.00. The van der Waals surface area contributed by atoms with Crippen molar-refractivity contribution in [2.24, 2.45) is 17.3 Å². The maximum Gasteiger partial charge on any atom is 0.392 e. The predicted molar refractivity (Wildman–Crippen MR) is 37.1 cm³/mol. The number of hydrogen-bond acceptors (Lipinski definition) is 0. The Kier molecular flexibility index (Phi) is 1.73. The smallest absolute Gasteiger partial charge is 0.171 e. The Morgan fingerprint density at radius 1 is 1.00 bits per heavy atom. The molecular weight excluding hydrogens is 153 g/mol. The van der Waals surface area contributed by atoms with Crippen LogP contribution in [-0.2, 0) is 0 Å². The topological polar surface area (TPSA) is 0 Å². The molecule has 3 heteroatoms. The van der Waals surface area contributed by atoms with Crippen molar-refractivity contribution in [1.29, 1.82) is 0 Å². The highest BCUT2D eigenvalue weighted by atomic mass is 19.4. The lowest BCUT2D eigenvalue weighted by molar-refractivity contribution is -0.153. The van der Waals surface area contributed by atoms with Gasteiger partial charge in [-0.15, -0.1) is 0 Å². The van der Waals surface area contributed by atoms with Gasteiger partial charge in [-0.1, -0.05) is 20.8 Å². The third-order valence-corrected chi connectivity index (χ3v) is 2.32. The minimum atomic E-state index is -3.96. The molecule has 0 aromatic rings. The summed E-state index contributed by atoms with van der Waals surface area (Å²) in [5, 5.41) is 0. The molecular formula is C8H13F3. The van der Waals surface area contributed by atoms with Crippen molar-refractivity contribution in [2.75, 3.05) is 0 Å². The van der Waals surface area contributed by atoms with E-state index in [4.69, 9.17) is 0 Å². The fourth-order valence-electron chi connectivity index (χ4n) is 1.51. The predicted octanol–water partition coefficient (Wildman–Crippen LogP) is 3.23. The highest BCUT2D eigenvalue weighted by molar-refractivity contribution is 4.97. The zero-order chi connectivity index (χ0) is 8.86. The van der Waals surface area contributed by atoms with Gasteiger partial charge in [-0.25, -0.2) is 0 Å². The Morgan fingerprint density at radius 3 is 1.55 bits per heavy atom. The van der Waals surface area contributed by atoms with E-state index < -0.39 is 12.1 Å². The fourth-order valence-corrected chi connectivity index (χ4v) is 1.51. The van der Waals surface area contributed by atoms with Crippen molar-refractivity contribution in [3.8, 4) is 0 Å². The molecule has 0 unspecified atom stereocenters. The maximum atomic E-state index is 12.0.